The van der Waals surface area contributed by atoms with Gasteiger partial charge in [0.05, 0.1) is 6.42 Å². The first-order chi connectivity index (χ1) is 8.54. The van der Waals surface area contributed by atoms with Gasteiger partial charge in [0.25, 0.3) is 0 Å². The van der Waals surface area contributed by atoms with E-state index in [9.17, 15) is 4.79 Å². The Balaban J connectivity index is 2.58. The smallest absolute Gasteiger partial charge is 0.224 e. The van der Waals surface area contributed by atoms with Crippen LogP contribution in [0.1, 0.15) is 25.8 Å². The molecule has 0 fully saturated rings. The summed E-state index contributed by atoms with van der Waals surface area (Å²) in [7, 11) is 0. The van der Waals surface area contributed by atoms with Gasteiger partial charge in [-0.2, -0.15) is 0 Å². The van der Waals surface area contributed by atoms with Gasteiger partial charge < -0.3 is 5.32 Å². The summed E-state index contributed by atoms with van der Waals surface area (Å²) >= 11 is 11.8. The molecule has 4 heteroatoms. The Morgan fingerprint density at radius 2 is 2.00 bits per heavy atom. The average Bonchev–Trinajstić information content (AvgIpc) is 2.31. The van der Waals surface area contributed by atoms with Crippen LogP contribution < -0.4 is 5.32 Å². The highest BCUT2D eigenvalue weighted by Crippen LogP contribution is 2.16. The number of carbonyl (C=O) groups excluding carboxylic acids is 1. The van der Waals surface area contributed by atoms with Crippen LogP contribution in [-0.4, -0.2) is 17.8 Å². The van der Waals surface area contributed by atoms with Crippen molar-refractivity contribution in [1.29, 1.82) is 0 Å². The fourth-order valence-electron chi connectivity index (χ4n) is 1.76. The fourth-order valence-corrected chi connectivity index (χ4v) is 2.20. The van der Waals surface area contributed by atoms with E-state index in [1.807, 2.05) is 18.2 Å². The first kappa shape index (κ1) is 15.3. The number of rotatable bonds is 6. The van der Waals surface area contributed by atoms with Crippen LogP contribution in [-0.2, 0) is 11.2 Å². The Morgan fingerprint density at radius 3 is 2.56 bits per heavy atom. The molecule has 1 rings (SSSR count). The summed E-state index contributed by atoms with van der Waals surface area (Å²) in [6.45, 7) is 4.15. The molecule has 0 aromatic heterocycles. The maximum absolute atomic E-state index is 11.9. The van der Waals surface area contributed by atoms with Crippen molar-refractivity contribution in [3.8, 4) is 0 Å². The molecule has 100 valence electrons. The second kappa shape index (κ2) is 7.65. The van der Waals surface area contributed by atoms with Gasteiger partial charge in [-0.25, -0.2) is 0 Å². The molecule has 0 saturated carbocycles. The molecule has 1 aromatic rings. The zero-order valence-corrected chi connectivity index (χ0v) is 12.3. The van der Waals surface area contributed by atoms with E-state index in [1.54, 1.807) is 6.07 Å². The summed E-state index contributed by atoms with van der Waals surface area (Å²) < 4.78 is 0. The number of hydrogen-bond acceptors (Lipinski definition) is 1. The van der Waals surface area contributed by atoms with Crippen LogP contribution in [0.15, 0.2) is 24.3 Å². The highest BCUT2D eigenvalue weighted by molar-refractivity contribution is 6.31. The first-order valence-corrected chi connectivity index (χ1v) is 7.04. The van der Waals surface area contributed by atoms with Gasteiger partial charge in [-0.3, -0.25) is 4.79 Å². The molecule has 2 nitrogen and oxygen atoms in total. The molecule has 1 amide bonds. The third-order valence-electron chi connectivity index (χ3n) is 2.88. The normalized spacial score (nSPS) is 12.5. The maximum Gasteiger partial charge on any atom is 0.224 e. The SMILES string of the molecule is CC(C)C(CCCl)NC(=O)Cc1ccccc1Cl. The molecule has 0 spiro atoms. The highest BCUT2D eigenvalue weighted by atomic mass is 35.5. The standard InChI is InChI=1S/C14H19Cl2NO/c1-10(2)13(7-8-15)17-14(18)9-11-5-3-4-6-12(11)16/h3-6,10,13H,7-9H2,1-2H3,(H,17,18). The van der Waals surface area contributed by atoms with Crippen molar-refractivity contribution < 1.29 is 4.79 Å². The van der Waals surface area contributed by atoms with E-state index in [2.05, 4.69) is 19.2 Å². The van der Waals surface area contributed by atoms with E-state index in [-0.39, 0.29) is 11.9 Å². The van der Waals surface area contributed by atoms with Gasteiger partial charge in [0.1, 0.15) is 0 Å². The van der Waals surface area contributed by atoms with E-state index in [0.717, 1.165) is 12.0 Å². The molecule has 0 heterocycles. The van der Waals surface area contributed by atoms with Gasteiger partial charge in [-0.15, -0.1) is 11.6 Å². The number of carbonyl (C=O) groups is 1. The summed E-state index contributed by atoms with van der Waals surface area (Å²) in [6.07, 6.45) is 1.10. The summed E-state index contributed by atoms with van der Waals surface area (Å²) in [4.78, 5) is 11.9. The van der Waals surface area contributed by atoms with Gasteiger partial charge in [0.15, 0.2) is 0 Å². The molecule has 1 atom stereocenters. The van der Waals surface area contributed by atoms with Gasteiger partial charge in [-0.1, -0.05) is 43.6 Å². The quantitative estimate of drug-likeness (QED) is 0.795. The zero-order chi connectivity index (χ0) is 13.5. The number of halogens is 2. The monoisotopic (exact) mass is 287 g/mol. The zero-order valence-electron chi connectivity index (χ0n) is 10.7. The molecule has 0 aliphatic carbocycles. The molecule has 0 saturated heterocycles. The average molecular weight is 288 g/mol. The Hall–Kier alpha value is -0.730. The molecule has 1 N–H and O–H groups in total. The molecular weight excluding hydrogens is 269 g/mol. The lowest BCUT2D eigenvalue weighted by Gasteiger charge is -2.21. The van der Waals surface area contributed by atoms with Crippen molar-refractivity contribution in [3.63, 3.8) is 0 Å². The third kappa shape index (κ3) is 4.87. The molecular formula is C14H19Cl2NO. The Labute approximate surface area is 119 Å². The molecule has 1 unspecified atom stereocenters. The summed E-state index contributed by atoms with van der Waals surface area (Å²) in [5.41, 5.74) is 0.852. The number of benzene rings is 1. The van der Waals surface area contributed by atoms with Crippen LogP contribution in [0.3, 0.4) is 0 Å². The topological polar surface area (TPSA) is 29.1 Å². The lowest BCUT2D eigenvalue weighted by atomic mass is 10.0. The molecule has 0 aliphatic rings. The van der Waals surface area contributed by atoms with Crippen LogP contribution in [0.25, 0.3) is 0 Å². The second-order valence-corrected chi connectivity index (χ2v) is 5.45. The number of alkyl halides is 1. The molecule has 0 radical (unpaired) electrons. The third-order valence-corrected chi connectivity index (χ3v) is 3.47. The predicted octanol–water partition coefficient (Wildman–Crippen LogP) is 3.65. The van der Waals surface area contributed by atoms with E-state index in [0.29, 0.717) is 23.2 Å². The van der Waals surface area contributed by atoms with Crippen molar-refractivity contribution in [2.75, 3.05) is 5.88 Å². The van der Waals surface area contributed by atoms with Crippen molar-refractivity contribution in [2.24, 2.45) is 5.92 Å². The Bertz CT molecular complexity index is 393. The van der Waals surface area contributed by atoms with Gasteiger partial charge in [0, 0.05) is 16.9 Å². The minimum atomic E-state index is -0.00748. The van der Waals surface area contributed by atoms with Gasteiger partial charge >= 0.3 is 0 Å². The molecule has 18 heavy (non-hydrogen) atoms. The van der Waals surface area contributed by atoms with E-state index >= 15 is 0 Å². The summed E-state index contributed by atoms with van der Waals surface area (Å²) in [5, 5.41) is 3.64. The lowest BCUT2D eigenvalue weighted by Crippen LogP contribution is -2.39. The van der Waals surface area contributed by atoms with Crippen LogP contribution in [0.2, 0.25) is 5.02 Å². The largest absolute Gasteiger partial charge is 0.353 e. The lowest BCUT2D eigenvalue weighted by molar-refractivity contribution is -0.121. The Morgan fingerprint density at radius 1 is 1.33 bits per heavy atom. The molecule has 0 aliphatic heterocycles. The number of nitrogens with one attached hydrogen (secondary N) is 1. The van der Waals surface area contributed by atoms with E-state index in [1.165, 1.54) is 0 Å². The number of hydrogen-bond donors (Lipinski definition) is 1. The van der Waals surface area contributed by atoms with Crippen molar-refractivity contribution in [1.82, 2.24) is 5.32 Å². The van der Waals surface area contributed by atoms with Crippen molar-refractivity contribution >= 4 is 29.1 Å². The van der Waals surface area contributed by atoms with Gasteiger partial charge in [-0.05, 0) is 24.0 Å². The minimum absolute atomic E-state index is 0.00748. The fraction of sp³-hybridized carbons (Fsp3) is 0.500. The summed E-state index contributed by atoms with van der Waals surface area (Å²) in [6, 6.07) is 7.52. The second-order valence-electron chi connectivity index (χ2n) is 4.66. The molecule has 1 aromatic carbocycles. The highest BCUT2D eigenvalue weighted by Gasteiger charge is 2.16. The first-order valence-electron chi connectivity index (χ1n) is 6.13. The Kier molecular flexibility index (Phi) is 6.51. The van der Waals surface area contributed by atoms with Crippen LogP contribution >= 0.6 is 23.2 Å². The predicted molar refractivity (Wildman–Crippen MR) is 77.3 cm³/mol. The summed E-state index contributed by atoms with van der Waals surface area (Å²) in [5.74, 6) is 0.917. The van der Waals surface area contributed by atoms with Crippen LogP contribution in [0.5, 0.6) is 0 Å². The van der Waals surface area contributed by atoms with Crippen molar-refractivity contribution in [2.45, 2.75) is 32.7 Å². The van der Waals surface area contributed by atoms with E-state index < -0.39 is 0 Å². The van der Waals surface area contributed by atoms with Crippen LogP contribution in [0.4, 0.5) is 0 Å². The van der Waals surface area contributed by atoms with E-state index in [4.69, 9.17) is 23.2 Å². The van der Waals surface area contributed by atoms with Gasteiger partial charge in [0.2, 0.25) is 5.91 Å². The minimum Gasteiger partial charge on any atom is -0.353 e. The van der Waals surface area contributed by atoms with Crippen LogP contribution in [0, 0.1) is 5.92 Å². The maximum atomic E-state index is 11.9. The molecule has 0 bridgehead atoms. The number of amides is 1. The van der Waals surface area contributed by atoms with Crippen molar-refractivity contribution in [3.05, 3.63) is 34.9 Å².